The lowest BCUT2D eigenvalue weighted by molar-refractivity contribution is -0.145. The van der Waals surface area contributed by atoms with Crippen LogP contribution >= 0.6 is 0 Å². The van der Waals surface area contributed by atoms with Gasteiger partial charge in [-0.15, -0.1) is 0 Å². The summed E-state index contributed by atoms with van der Waals surface area (Å²) >= 11 is 0. The van der Waals surface area contributed by atoms with Gasteiger partial charge >= 0.3 is 24.7 Å². The quantitative estimate of drug-likeness (QED) is 0.269. The van der Waals surface area contributed by atoms with Crippen LogP contribution in [0.3, 0.4) is 0 Å². The van der Waals surface area contributed by atoms with Gasteiger partial charge in [-0.1, -0.05) is 0 Å². The first-order valence-electron chi connectivity index (χ1n) is 12.9. The van der Waals surface area contributed by atoms with Crippen LogP contribution in [0.5, 0.6) is 0 Å². The number of benzene rings is 3. The molecule has 0 saturated carbocycles. The molecule has 0 aromatic heterocycles. The molecule has 0 amide bonds. The van der Waals surface area contributed by atoms with Gasteiger partial charge in [0.05, 0.1) is 78.9 Å². The number of hydrogen-bond donors (Lipinski definition) is 0. The zero-order valence-electron chi connectivity index (χ0n) is 24.4. The monoisotopic (exact) mass is 728 g/mol. The van der Waals surface area contributed by atoms with E-state index < -0.39 is 113 Å². The highest BCUT2D eigenvalue weighted by atomic mass is 19.4. The van der Waals surface area contributed by atoms with Crippen LogP contribution in [0.25, 0.3) is 11.1 Å². The van der Waals surface area contributed by atoms with Crippen molar-refractivity contribution in [2.24, 2.45) is 0 Å². The van der Waals surface area contributed by atoms with Gasteiger partial charge in [-0.2, -0.15) is 94.8 Å². The van der Waals surface area contributed by atoms with E-state index in [1.165, 1.54) is 24.3 Å². The predicted octanol–water partition coefficient (Wildman–Crippen LogP) is 6.44. The minimum Gasteiger partial charge on any atom is -0.192 e. The molecule has 0 N–H and O–H groups in total. The van der Waals surface area contributed by atoms with Crippen molar-refractivity contribution in [3.8, 4) is 48.6 Å². The largest absolute Gasteiger partial charge is 0.419 e. The second kappa shape index (κ2) is 13.4. The van der Waals surface area contributed by atoms with Crippen LogP contribution in [-0.2, 0) is 24.7 Å². The van der Waals surface area contributed by atoms with E-state index in [4.69, 9.17) is 0 Å². The molecule has 0 heterocycles. The third kappa shape index (κ3) is 6.70. The Morgan fingerprint density at radius 2 is 0.673 bits per heavy atom. The molecule has 0 aliphatic heterocycles. The van der Waals surface area contributed by atoms with Crippen molar-refractivity contribution >= 4 is 11.1 Å². The van der Waals surface area contributed by atoms with Crippen molar-refractivity contribution in [2.75, 3.05) is 0 Å². The lowest BCUT2D eigenvalue weighted by Gasteiger charge is -2.19. The third-order valence-electron chi connectivity index (χ3n) is 6.98. The molecule has 256 valence electrons. The summed E-state index contributed by atoms with van der Waals surface area (Å²) in [6.45, 7) is 0. The van der Waals surface area contributed by atoms with Crippen LogP contribution in [0.4, 0.5) is 52.7 Å². The van der Waals surface area contributed by atoms with Gasteiger partial charge in [0.25, 0.3) is 0 Å². The fourth-order valence-corrected chi connectivity index (χ4v) is 4.97. The van der Waals surface area contributed by atoms with E-state index in [9.17, 15) is 94.8 Å². The molecule has 0 aliphatic carbocycles. The molecular formula is C32H4F12N8. The zero-order chi connectivity index (χ0) is 39.7. The van der Waals surface area contributed by atoms with E-state index in [0.29, 0.717) is 24.3 Å². The Balaban J connectivity index is 2.81. The Morgan fingerprint density at radius 1 is 0.385 bits per heavy atom. The average molecular weight is 728 g/mol. The summed E-state index contributed by atoms with van der Waals surface area (Å²) in [5, 5.41) is 75.1. The summed E-state index contributed by atoms with van der Waals surface area (Å²) in [6.07, 6.45) is -23.1. The number of rotatable bonds is 2. The number of nitriles is 8. The third-order valence-corrected chi connectivity index (χ3v) is 6.98. The standard InChI is InChI=1S/C32H4F12N8/c33-29(34,35)25-3-17(21(9-49)27(23(25)11-51)31(39,40)41)19(7-47)15-1-13(5-45)16(2-14(15)6-46)20(8-48)18-4-26(30(36,37)38)24(12-52)28(22(18)10-50)32(42,43)44/h1-4H/b19-15-,20-16-. The first-order valence-corrected chi connectivity index (χ1v) is 12.9. The van der Waals surface area contributed by atoms with Crippen LogP contribution < -0.4 is 10.4 Å². The molecule has 3 aromatic rings. The highest BCUT2D eigenvalue weighted by Gasteiger charge is 2.46. The fraction of sp³-hybridized carbons (Fsp3) is 0.125. The number of hydrogen-bond acceptors (Lipinski definition) is 8. The second-order valence-electron chi connectivity index (χ2n) is 9.77. The minimum atomic E-state index is -5.84. The first-order chi connectivity index (χ1) is 24.0. The summed E-state index contributed by atoms with van der Waals surface area (Å²) in [4.78, 5) is 0. The molecule has 20 heteroatoms. The lowest BCUT2D eigenvalue weighted by atomic mass is 9.86. The van der Waals surface area contributed by atoms with Crippen molar-refractivity contribution in [1.29, 1.82) is 42.1 Å². The van der Waals surface area contributed by atoms with Gasteiger partial charge in [0.15, 0.2) is 0 Å². The van der Waals surface area contributed by atoms with Crippen molar-refractivity contribution in [3.63, 3.8) is 0 Å². The second-order valence-corrected chi connectivity index (χ2v) is 9.77. The molecule has 0 spiro atoms. The maximum atomic E-state index is 14.0. The van der Waals surface area contributed by atoms with Gasteiger partial charge in [0.1, 0.15) is 36.4 Å². The fourth-order valence-electron chi connectivity index (χ4n) is 4.97. The van der Waals surface area contributed by atoms with Gasteiger partial charge in [-0.05, 0) is 24.3 Å². The summed E-state index contributed by atoms with van der Waals surface area (Å²) < 4.78 is 168. The summed E-state index contributed by atoms with van der Waals surface area (Å²) in [5.74, 6) is 0. The van der Waals surface area contributed by atoms with Gasteiger partial charge in [-0.25, -0.2) is 0 Å². The van der Waals surface area contributed by atoms with Crippen molar-refractivity contribution in [2.45, 2.75) is 24.7 Å². The Kier molecular flexibility index (Phi) is 10.0. The highest BCUT2D eigenvalue weighted by molar-refractivity contribution is 5.86. The van der Waals surface area contributed by atoms with Crippen LogP contribution in [0.2, 0.25) is 0 Å². The SMILES string of the molecule is N#C/C(c1cc(C(F)(F)F)c(C#N)c(C(F)(F)F)c1C#N)=c1\cc(C#N)/c(=C(/C#N)c2cc(C(F)(F)F)c(C#N)c(C(F)(F)F)c2C#N)cc1C#N. The van der Waals surface area contributed by atoms with E-state index >= 15 is 0 Å². The smallest absolute Gasteiger partial charge is 0.192 e. The molecule has 8 nitrogen and oxygen atoms in total. The molecular weight excluding hydrogens is 724 g/mol. The summed E-state index contributed by atoms with van der Waals surface area (Å²) in [7, 11) is 0. The van der Waals surface area contributed by atoms with E-state index in [2.05, 4.69) is 0 Å². The van der Waals surface area contributed by atoms with Crippen LogP contribution in [0.1, 0.15) is 66.8 Å². The van der Waals surface area contributed by atoms with Crippen LogP contribution in [0, 0.1) is 90.6 Å². The van der Waals surface area contributed by atoms with E-state index in [0.717, 1.165) is 12.1 Å². The van der Waals surface area contributed by atoms with Crippen LogP contribution in [-0.4, -0.2) is 0 Å². The molecule has 3 rings (SSSR count). The maximum Gasteiger partial charge on any atom is 0.419 e. The number of halogens is 12. The molecule has 0 radical (unpaired) electrons. The Bertz CT molecular complexity index is 2370. The van der Waals surface area contributed by atoms with Crippen LogP contribution in [0.15, 0.2) is 24.3 Å². The molecule has 3 aromatic carbocycles. The lowest BCUT2D eigenvalue weighted by Crippen LogP contribution is -2.24. The van der Waals surface area contributed by atoms with Crippen molar-refractivity contribution < 1.29 is 52.7 Å². The Labute approximate surface area is 280 Å². The highest BCUT2D eigenvalue weighted by Crippen LogP contribution is 2.45. The van der Waals surface area contributed by atoms with E-state index in [-0.39, 0.29) is 12.1 Å². The first kappa shape index (κ1) is 38.9. The van der Waals surface area contributed by atoms with Crippen molar-refractivity contribution in [1.82, 2.24) is 0 Å². The van der Waals surface area contributed by atoms with Gasteiger partial charge in [0, 0.05) is 21.6 Å². The average Bonchev–Trinajstić information content (AvgIpc) is 3.05. The van der Waals surface area contributed by atoms with E-state index in [1.807, 2.05) is 0 Å². The molecule has 52 heavy (non-hydrogen) atoms. The molecule has 0 atom stereocenters. The molecule has 0 bridgehead atoms. The maximum absolute atomic E-state index is 14.0. The van der Waals surface area contributed by atoms with E-state index in [1.54, 1.807) is 0 Å². The molecule has 0 saturated heterocycles. The zero-order valence-corrected chi connectivity index (χ0v) is 24.4. The molecule has 0 aliphatic rings. The summed E-state index contributed by atoms with van der Waals surface area (Å²) in [6, 6.07) is 8.68. The topological polar surface area (TPSA) is 190 Å². The van der Waals surface area contributed by atoms with Crippen molar-refractivity contribution in [3.05, 3.63) is 101 Å². The summed E-state index contributed by atoms with van der Waals surface area (Å²) in [5.41, 5.74) is -24.7. The van der Waals surface area contributed by atoms with Gasteiger partial charge < -0.3 is 0 Å². The molecule has 0 unspecified atom stereocenters. The Morgan fingerprint density at radius 3 is 0.865 bits per heavy atom. The molecule has 0 fully saturated rings. The van der Waals surface area contributed by atoms with Gasteiger partial charge in [-0.3, -0.25) is 0 Å². The number of nitrogens with zero attached hydrogens (tertiary/aromatic N) is 8. The number of alkyl halides is 12. The van der Waals surface area contributed by atoms with Gasteiger partial charge in [0.2, 0.25) is 0 Å². The minimum absolute atomic E-state index is 0.188. The normalized spacial score (nSPS) is 12.7. The Hall–Kier alpha value is -7.52. The predicted molar refractivity (Wildman–Crippen MR) is 143 cm³/mol.